The smallest absolute Gasteiger partial charge is 0.407 e. The fourth-order valence-electron chi connectivity index (χ4n) is 2.30. The van der Waals surface area contributed by atoms with E-state index in [-0.39, 0.29) is 6.04 Å². The van der Waals surface area contributed by atoms with Crippen molar-refractivity contribution in [1.82, 2.24) is 20.1 Å². The highest BCUT2D eigenvalue weighted by Crippen LogP contribution is 2.25. The molecule has 3 rings (SSSR count). The second kappa shape index (κ2) is 5.09. The Balaban J connectivity index is 1.85. The van der Waals surface area contributed by atoms with Gasteiger partial charge in [-0.25, -0.2) is 4.79 Å². The van der Waals surface area contributed by atoms with Crippen LogP contribution in [0.2, 0.25) is 5.15 Å². The van der Waals surface area contributed by atoms with Gasteiger partial charge in [0.05, 0.1) is 0 Å². The number of likely N-dealkylation sites (tertiary alicyclic amines) is 1. The van der Waals surface area contributed by atoms with E-state index in [0.717, 1.165) is 11.8 Å². The third-order valence-electron chi connectivity index (χ3n) is 3.29. The lowest BCUT2D eigenvalue weighted by Crippen LogP contribution is -2.30. The Bertz CT molecular complexity index is 665. The maximum Gasteiger partial charge on any atom is 0.407 e. The number of halogens is 1. The Morgan fingerprint density at radius 3 is 3.10 bits per heavy atom. The quantitative estimate of drug-likeness (QED) is 0.878. The Labute approximate surface area is 119 Å². The predicted octanol–water partition coefficient (Wildman–Crippen LogP) is 1.84. The SMILES string of the molecule is O=C(O)N1CCC(Nc2nnc(Cl)c3cccnc23)C1. The summed E-state index contributed by atoms with van der Waals surface area (Å²) < 4.78 is 0. The van der Waals surface area contributed by atoms with Crippen LogP contribution in [0.3, 0.4) is 0 Å². The molecule has 1 amide bonds. The van der Waals surface area contributed by atoms with E-state index in [4.69, 9.17) is 16.7 Å². The zero-order valence-corrected chi connectivity index (χ0v) is 11.2. The number of carboxylic acid groups (broad SMARTS) is 1. The van der Waals surface area contributed by atoms with Gasteiger partial charge in [-0.15, -0.1) is 10.2 Å². The van der Waals surface area contributed by atoms with Crippen LogP contribution in [0.25, 0.3) is 10.9 Å². The molecule has 104 valence electrons. The number of amides is 1. The van der Waals surface area contributed by atoms with E-state index < -0.39 is 6.09 Å². The fourth-order valence-corrected chi connectivity index (χ4v) is 2.49. The van der Waals surface area contributed by atoms with Crippen LogP contribution >= 0.6 is 11.6 Å². The van der Waals surface area contributed by atoms with E-state index in [2.05, 4.69) is 20.5 Å². The van der Waals surface area contributed by atoms with Crippen molar-refractivity contribution >= 4 is 34.4 Å². The first kappa shape index (κ1) is 12.9. The molecule has 1 unspecified atom stereocenters. The maximum atomic E-state index is 10.9. The van der Waals surface area contributed by atoms with E-state index in [1.54, 1.807) is 12.3 Å². The number of hydrogen-bond donors (Lipinski definition) is 2. The van der Waals surface area contributed by atoms with Crippen molar-refractivity contribution in [2.24, 2.45) is 0 Å². The minimum Gasteiger partial charge on any atom is -0.465 e. The summed E-state index contributed by atoms with van der Waals surface area (Å²) in [5.74, 6) is 0.530. The Morgan fingerprint density at radius 2 is 2.35 bits per heavy atom. The summed E-state index contributed by atoms with van der Waals surface area (Å²) in [6.45, 7) is 0.938. The Morgan fingerprint density at radius 1 is 1.50 bits per heavy atom. The van der Waals surface area contributed by atoms with Gasteiger partial charge in [-0.3, -0.25) is 4.98 Å². The number of pyridine rings is 1. The van der Waals surface area contributed by atoms with Crippen LogP contribution in [-0.4, -0.2) is 50.4 Å². The van der Waals surface area contributed by atoms with Gasteiger partial charge in [0.25, 0.3) is 0 Å². The van der Waals surface area contributed by atoms with Gasteiger partial charge in [-0.1, -0.05) is 11.6 Å². The molecule has 0 saturated carbocycles. The van der Waals surface area contributed by atoms with E-state index in [0.29, 0.717) is 29.6 Å². The van der Waals surface area contributed by atoms with Gasteiger partial charge in [0.2, 0.25) is 0 Å². The van der Waals surface area contributed by atoms with Gasteiger partial charge >= 0.3 is 6.09 Å². The predicted molar refractivity (Wildman–Crippen MR) is 74.0 cm³/mol. The molecular formula is C12H12ClN5O2. The molecule has 7 nitrogen and oxygen atoms in total. The lowest BCUT2D eigenvalue weighted by atomic mass is 10.2. The summed E-state index contributed by atoms with van der Waals surface area (Å²) in [7, 11) is 0. The second-order valence-electron chi connectivity index (χ2n) is 4.60. The number of nitrogens with zero attached hydrogens (tertiary/aromatic N) is 4. The van der Waals surface area contributed by atoms with Crippen molar-refractivity contribution in [2.45, 2.75) is 12.5 Å². The lowest BCUT2D eigenvalue weighted by Gasteiger charge is -2.15. The summed E-state index contributed by atoms with van der Waals surface area (Å²) in [6.07, 6.45) is 1.48. The van der Waals surface area contributed by atoms with Crippen molar-refractivity contribution in [3.05, 3.63) is 23.5 Å². The average Bonchev–Trinajstić information content (AvgIpc) is 2.91. The second-order valence-corrected chi connectivity index (χ2v) is 4.96. The highest BCUT2D eigenvalue weighted by Gasteiger charge is 2.26. The monoisotopic (exact) mass is 293 g/mol. The molecule has 0 bridgehead atoms. The van der Waals surface area contributed by atoms with Crippen molar-refractivity contribution in [3.63, 3.8) is 0 Å². The van der Waals surface area contributed by atoms with Crippen molar-refractivity contribution in [2.75, 3.05) is 18.4 Å². The molecule has 0 aromatic carbocycles. The van der Waals surface area contributed by atoms with E-state index in [1.165, 1.54) is 4.90 Å². The van der Waals surface area contributed by atoms with Crippen LogP contribution < -0.4 is 5.32 Å². The first-order valence-corrected chi connectivity index (χ1v) is 6.54. The average molecular weight is 294 g/mol. The third kappa shape index (κ3) is 2.32. The van der Waals surface area contributed by atoms with Gasteiger partial charge in [-0.2, -0.15) is 0 Å². The summed E-state index contributed by atoms with van der Waals surface area (Å²) >= 11 is 5.98. The molecule has 2 aromatic heterocycles. The van der Waals surface area contributed by atoms with Gasteiger partial charge in [0.15, 0.2) is 11.0 Å². The third-order valence-corrected chi connectivity index (χ3v) is 3.57. The standard InChI is InChI=1S/C12H12ClN5O2/c13-10-8-2-1-4-14-9(8)11(17-16-10)15-7-3-5-18(6-7)12(19)20/h1-2,4,7H,3,5-6H2,(H,15,17)(H,19,20). The molecule has 1 saturated heterocycles. The molecule has 0 spiro atoms. The molecule has 3 heterocycles. The molecule has 8 heteroatoms. The number of aromatic nitrogens is 3. The number of rotatable bonds is 2. The first-order chi connectivity index (χ1) is 9.65. The number of nitrogens with one attached hydrogen (secondary N) is 1. The van der Waals surface area contributed by atoms with Crippen LogP contribution in [0, 0.1) is 0 Å². The number of fused-ring (bicyclic) bond motifs is 1. The van der Waals surface area contributed by atoms with E-state index in [1.807, 2.05) is 6.07 Å². The molecule has 1 atom stereocenters. The number of carbonyl (C=O) groups is 1. The zero-order chi connectivity index (χ0) is 14.1. The molecule has 0 aliphatic carbocycles. The topological polar surface area (TPSA) is 91.2 Å². The molecule has 0 radical (unpaired) electrons. The minimum absolute atomic E-state index is 0.00628. The molecule has 20 heavy (non-hydrogen) atoms. The van der Waals surface area contributed by atoms with Crippen molar-refractivity contribution in [1.29, 1.82) is 0 Å². The minimum atomic E-state index is -0.903. The molecular weight excluding hydrogens is 282 g/mol. The Hall–Kier alpha value is -2.15. The maximum absolute atomic E-state index is 10.9. The summed E-state index contributed by atoms with van der Waals surface area (Å²) in [4.78, 5) is 16.5. The molecule has 2 aromatic rings. The number of hydrogen-bond acceptors (Lipinski definition) is 5. The Kier molecular flexibility index (Phi) is 3.27. The van der Waals surface area contributed by atoms with Crippen molar-refractivity contribution < 1.29 is 9.90 Å². The van der Waals surface area contributed by atoms with Crippen LogP contribution in [0.1, 0.15) is 6.42 Å². The molecule has 1 aliphatic heterocycles. The van der Waals surface area contributed by atoms with Crippen molar-refractivity contribution in [3.8, 4) is 0 Å². The van der Waals surface area contributed by atoms with E-state index in [9.17, 15) is 4.79 Å². The summed E-state index contributed by atoms with van der Waals surface area (Å²) in [5, 5.41) is 21.1. The molecule has 2 N–H and O–H groups in total. The van der Waals surface area contributed by atoms with Gasteiger partial charge in [0, 0.05) is 30.7 Å². The van der Waals surface area contributed by atoms with Crippen LogP contribution in [-0.2, 0) is 0 Å². The van der Waals surface area contributed by atoms with Gasteiger partial charge in [0.1, 0.15) is 5.52 Å². The highest BCUT2D eigenvalue weighted by atomic mass is 35.5. The van der Waals surface area contributed by atoms with Crippen LogP contribution in [0.4, 0.5) is 10.6 Å². The number of anilines is 1. The fraction of sp³-hybridized carbons (Fsp3) is 0.333. The molecule has 1 fully saturated rings. The highest BCUT2D eigenvalue weighted by molar-refractivity contribution is 6.34. The molecule has 1 aliphatic rings. The van der Waals surface area contributed by atoms with Gasteiger partial charge in [-0.05, 0) is 18.6 Å². The summed E-state index contributed by atoms with van der Waals surface area (Å²) in [6, 6.07) is 3.61. The normalized spacial score (nSPS) is 18.4. The zero-order valence-electron chi connectivity index (χ0n) is 10.5. The lowest BCUT2D eigenvalue weighted by molar-refractivity contribution is 0.155. The summed E-state index contributed by atoms with van der Waals surface area (Å²) in [5.41, 5.74) is 0.640. The first-order valence-electron chi connectivity index (χ1n) is 6.16. The van der Waals surface area contributed by atoms with Gasteiger partial charge < -0.3 is 15.3 Å². The van der Waals surface area contributed by atoms with Crippen LogP contribution in [0.15, 0.2) is 18.3 Å². The van der Waals surface area contributed by atoms with Crippen LogP contribution in [0.5, 0.6) is 0 Å². The van der Waals surface area contributed by atoms with E-state index >= 15 is 0 Å². The largest absolute Gasteiger partial charge is 0.465 e.